The van der Waals surface area contributed by atoms with Crippen LogP contribution in [-0.4, -0.2) is 9.38 Å². The van der Waals surface area contributed by atoms with E-state index in [-0.39, 0.29) is 30.4 Å². The van der Waals surface area contributed by atoms with E-state index in [2.05, 4.69) is 4.98 Å². The molecule has 2 aromatic heterocycles. The predicted molar refractivity (Wildman–Crippen MR) is 70.1 cm³/mol. The van der Waals surface area contributed by atoms with E-state index in [1.807, 2.05) is 32.0 Å². The standard InChI is InChI=1S/C11H12N2O.2ClH/c1-3-9-8(2)12-10-6-4-5-7-13(10)11(9)14;;/h4-7H,3H2,1-2H3;2*1H. The molecule has 3 nitrogen and oxygen atoms in total. The number of hydrogen-bond donors (Lipinski definition) is 0. The average Bonchev–Trinajstić information content (AvgIpc) is 2.18. The highest BCUT2D eigenvalue weighted by Crippen LogP contribution is 2.03. The van der Waals surface area contributed by atoms with Gasteiger partial charge in [0.15, 0.2) is 0 Å². The summed E-state index contributed by atoms with van der Waals surface area (Å²) in [5.74, 6) is 0. The molecule has 0 aliphatic heterocycles. The Morgan fingerprint density at radius 1 is 1.31 bits per heavy atom. The second-order valence-electron chi connectivity index (χ2n) is 3.26. The Balaban J connectivity index is 0.00000112. The predicted octanol–water partition coefficient (Wildman–Crippen LogP) is 2.41. The first kappa shape index (κ1) is 14.9. The summed E-state index contributed by atoms with van der Waals surface area (Å²) < 4.78 is 1.59. The molecule has 5 heteroatoms. The monoisotopic (exact) mass is 260 g/mol. The van der Waals surface area contributed by atoms with E-state index in [1.54, 1.807) is 10.6 Å². The van der Waals surface area contributed by atoms with Crippen molar-refractivity contribution in [2.45, 2.75) is 20.3 Å². The van der Waals surface area contributed by atoms with Crippen LogP contribution in [0.3, 0.4) is 0 Å². The maximum Gasteiger partial charge on any atom is 0.261 e. The van der Waals surface area contributed by atoms with Crippen molar-refractivity contribution in [2.24, 2.45) is 0 Å². The van der Waals surface area contributed by atoms with E-state index < -0.39 is 0 Å². The molecule has 0 saturated carbocycles. The molecule has 2 heterocycles. The lowest BCUT2D eigenvalue weighted by Gasteiger charge is -2.04. The summed E-state index contributed by atoms with van der Waals surface area (Å²) in [5, 5.41) is 0. The van der Waals surface area contributed by atoms with Gasteiger partial charge in [0.25, 0.3) is 5.56 Å². The van der Waals surface area contributed by atoms with Crippen LogP contribution in [0, 0.1) is 6.92 Å². The minimum absolute atomic E-state index is 0. The third-order valence-corrected chi connectivity index (χ3v) is 2.39. The third kappa shape index (κ3) is 2.36. The van der Waals surface area contributed by atoms with Crippen LogP contribution < -0.4 is 5.56 Å². The minimum Gasteiger partial charge on any atom is -0.269 e. The Morgan fingerprint density at radius 2 is 2.00 bits per heavy atom. The summed E-state index contributed by atoms with van der Waals surface area (Å²) >= 11 is 0. The smallest absolute Gasteiger partial charge is 0.261 e. The topological polar surface area (TPSA) is 34.4 Å². The van der Waals surface area contributed by atoms with Gasteiger partial charge in [0.1, 0.15) is 5.65 Å². The summed E-state index contributed by atoms with van der Waals surface area (Å²) in [5.41, 5.74) is 2.40. The van der Waals surface area contributed by atoms with Crippen LogP contribution in [0.1, 0.15) is 18.2 Å². The fraction of sp³-hybridized carbons (Fsp3) is 0.273. The van der Waals surface area contributed by atoms with Gasteiger partial charge in [0.2, 0.25) is 0 Å². The third-order valence-electron chi connectivity index (χ3n) is 2.39. The molecule has 0 bridgehead atoms. The molecule has 0 atom stereocenters. The van der Waals surface area contributed by atoms with Gasteiger partial charge in [0, 0.05) is 17.5 Å². The number of fused-ring (bicyclic) bond motifs is 1. The molecule has 88 valence electrons. The van der Waals surface area contributed by atoms with Crippen molar-refractivity contribution in [1.82, 2.24) is 9.38 Å². The molecule has 0 saturated heterocycles. The van der Waals surface area contributed by atoms with Gasteiger partial charge < -0.3 is 0 Å². The number of aryl methyl sites for hydroxylation is 1. The Morgan fingerprint density at radius 3 is 2.62 bits per heavy atom. The van der Waals surface area contributed by atoms with E-state index >= 15 is 0 Å². The summed E-state index contributed by atoms with van der Waals surface area (Å²) in [6.07, 6.45) is 2.48. The quantitative estimate of drug-likeness (QED) is 0.790. The van der Waals surface area contributed by atoms with E-state index in [1.165, 1.54) is 0 Å². The molecule has 0 unspecified atom stereocenters. The lowest BCUT2D eigenvalue weighted by atomic mass is 10.2. The van der Waals surface area contributed by atoms with E-state index in [9.17, 15) is 4.79 Å². The molecule has 2 rings (SSSR count). The maximum absolute atomic E-state index is 11.9. The van der Waals surface area contributed by atoms with Gasteiger partial charge in [-0.25, -0.2) is 4.98 Å². The molecule has 0 fully saturated rings. The Kier molecular flexibility index (Phi) is 5.48. The number of pyridine rings is 1. The van der Waals surface area contributed by atoms with Crippen molar-refractivity contribution in [3.05, 3.63) is 46.0 Å². The molecule has 2 aromatic rings. The van der Waals surface area contributed by atoms with Gasteiger partial charge in [-0.05, 0) is 25.5 Å². The van der Waals surface area contributed by atoms with Crippen LogP contribution in [0.4, 0.5) is 0 Å². The van der Waals surface area contributed by atoms with Crippen molar-refractivity contribution in [3.63, 3.8) is 0 Å². The van der Waals surface area contributed by atoms with Gasteiger partial charge in [-0.15, -0.1) is 24.8 Å². The SMILES string of the molecule is CCc1c(C)nc2ccccn2c1=O.Cl.Cl. The molecular weight excluding hydrogens is 247 g/mol. The molecule has 0 aromatic carbocycles. The number of hydrogen-bond acceptors (Lipinski definition) is 2. The highest BCUT2D eigenvalue weighted by Gasteiger charge is 2.06. The van der Waals surface area contributed by atoms with Crippen molar-refractivity contribution in [2.75, 3.05) is 0 Å². The van der Waals surface area contributed by atoms with Crippen LogP contribution in [0.15, 0.2) is 29.2 Å². The minimum atomic E-state index is 0. The van der Waals surface area contributed by atoms with Gasteiger partial charge in [-0.3, -0.25) is 9.20 Å². The lowest BCUT2D eigenvalue weighted by Crippen LogP contribution is -2.20. The first-order chi connectivity index (χ1) is 6.74. The zero-order chi connectivity index (χ0) is 10.1. The van der Waals surface area contributed by atoms with Crippen LogP contribution in [0.2, 0.25) is 0 Å². The van der Waals surface area contributed by atoms with Crippen molar-refractivity contribution >= 4 is 30.5 Å². The second-order valence-corrected chi connectivity index (χ2v) is 3.26. The van der Waals surface area contributed by atoms with Crippen molar-refractivity contribution < 1.29 is 0 Å². The highest BCUT2D eigenvalue weighted by molar-refractivity contribution is 5.85. The summed E-state index contributed by atoms with van der Waals surface area (Å²) in [6, 6.07) is 5.56. The number of nitrogens with zero attached hydrogens (tertiary/aromatic N) is 2. The van der Waals surface area contributed by atoms with Crippen molar-refractivity contribution in [3.8, 4) is 0 Å². The fourth-order valence-corrected chi connectivity index (χ4v) is 1.64. The number of rotatable bonds is 1. The Bertz CT molecular complexity index is 537. The first-order valence-electron chi connectivity index (χ1n) is 4.71. The molecule has 0 spiro atoms. The van der Waals surface area contributed by atoms with Gasteiger partial charge >= 0.3 is 0 Å². The van der Waals surface area contributed by atoms with E-state index in [4.69, 9.17) is 0 Å². The molecule has 0 aliphatic carbocycles. The molecule has 0 N–H and O–H groups in total. The molecule has 16 heavy (non-hydrogen) atoms. The summed E-state index contributed by atoms with van der Waals surface area (Å²) in [4.78, 5) is 16.3. The highest BCUT2D eigenvalue weighted by atomic mass is 35.5. The van der Waals surface area contributed by atoms with Crippen LogP contribution in [0.5, 0.6) is 0 Å². The van der Waals surface area contributed by atoms with Crippen molar-refractivity contribution in [1.29, 1.82) is 0 Å². The Labute approximate surface area is 106 Å². The fourth-order valence-electron chi connectivity index (χ4n) is 1.64. The molecule has 0 amide bonds. The van der Waals surface area contributed by atoms with E-state index in [0.717, 1.165) is 17.7 Å². The maximum atomic E-state index is 11.9. The van der Waals surface area contributed by atoms with Crippen LogP contribution >= 0.6 is 24.8 Å². The molecule has 0 aliphatic rings. The van der Waals surface area contributed by atoms with Gasteiger partial charge in [-0.1, -0.05) is 13.0 Å². The second kappa shape index (κ2) is 5.87. The summed E-state index contributed by atoms with van der Waals surface area (Å²) in [6.45, 7) is 3.86. The van der Waals surface area contributed by atoms with E-state index in [0.29, 0.717) is 5.65 Å². The Hall–Kier alpha value is -1.06. The number of aromatic nitrogens is 2. The van der Waals surface area contributed by atoms with Crippen LogP contribution in [-0.2, 0) is 6.42 Å². The average molecular weight is 261 g/mol. The zero-order valence-corrected chi connectivity index (χ0v) is 10.8. The first-order valence-corrected chi connectivity index (χ1v) is 4.71. The summed E-state index contributed by atoms with van der Waals surface area (Å²) in [7, 11) is 0. The lowest BCUT2D eigenvalue weighted by molar-refractivity contribution is 0.936. The number of halogens is 2. The largest absolute Gasteiger partial charge is 0.269 e. The molecule has 0 radical (unpaired) electrons. The normalized spacial score (nSPS) is 9.38. The molecular formula is C11H14Cl2N2O. The van der Waals surface area contributed by atoms with Gasteiger partial charge in [0.05, 0.1) is 0 Å². The van der Waals surface area contributed by atoms with Gasteiger partial charge in [-0.2, -0.15) is 0 Å². The van der Waals surface area contributed by atoms with Crippen LogP contribution in [0.25, 0.3) is 5.65 Å². The zero-order valence-electron chi connectivity index (χ0n) is 9.14.